The fourth-order valence-corrected chi connectivity index (χ4v) is 5.79. The third-order valence-electron chi connectivity index (χ3n) is 5.66. The molecule has 5 rings (SSSR count). The van der Waals surface area contributed by atoms with E-state index in [2.05, 4.69) is 33.1 Å². The van der Waals surface area contributed by atoms with Crippen molar-refractivity contribution in [1.29, 1.82) is 0 Å². The second kappa shape index (κ2) is 8.01. The van der Waals surface area contributed by atoms with Gasteiger partial charge in [0, 0.05) is 34.0 Å². The summed E-state index contributed by atoms with van der Waals surface area (Å²) in [5.74, 6) is 1.98. The summed E-state index contributed by atoms with van der Waals surface area (Å²) in [4.78, 5) is 6.41. The van der Waals surface area contributed by atoms with Crippen molar-refractivity contribution in [3.63, 3.8) is 0 Å². The monoisotopic (exact) mass is 425 g/mol. The first-order chi connectivity index (χ1) is 14.3. The lowest BCUT2D eigenvalue weighted by atomic mass is 9.96. The van der Waals surface area contributed by atoms with Crippen molar-refractivity contribution < 1.29 is 0 Å². The van der Waals surface area contributed by atoms with Crippen molar-refractivity contribution in [2.24, 2.45) is 4.99 Å². The van der Waals surface area contributed by atoms with Gasteiger partial charge in [-0.15, -0.1) is 21.5 Å². The average Bonchev–Trinajstić information content (AvgIpc) is 3.27. The summed E-state index contributed by atoms with van der Waals surface area (Å²) in [6.45, 7) is 4.65. The van der Waals surface area contributed by atoms with Gasteiger partial charge in [0.15, 0.2) is 5.82 Å². The van der Waals surface area contributed by atoms with Crippen LogP contribution in [-0.2, 0) is 25.9 Å². The van der Waals surface area contributed by atoms with Crippen molar-refractivity contribution >= 4 is 28.6 Å². The molecule has 150 valence electrons. The molecule has 0 radical (unpaired) electrons. The Morgan fingerprint density at radius 2 is 2.10 bits per heavy atom. The van der Waals surface area contributed by atoms with E-state index in [4.69, 9.17) is 16.6 Å². The molecule has 7 heteroatoms. The van der Waals surface area contributed by atoms with E-state index >= 15 is 0 Å². The molecule has 2 aliphatic rings. The van der Waals surface area contributed by atoms with Crippen LogP contribution in [-0.4, -0.2) is 27.0 Å². The van der Waals surface area contributed by atoms with Gasteiger partial charge in [0.1, 0.15) is 17.4 Å². The van der Waals surface area contributed by atoms with Gasteiger partial charge in [0.2, 0.25) is 0 Å². The highest BCUT2D eigenvalue weighted by molar-refractivity contribution is 7.15. The third kappa shape index (κ3) is 3.33. The van der Waals surface area contributed by atoms with Crippen LogP contribution in [0.25, 0.3) is 5.00 Å². The molecule has 29 heavy (non-hydrogen) atoms. The molecular formula is C22H24ClN5S. The Labute approximate surface area is 179 Å². The molecule has 0 amide bonds. The number of benzene rings is 1. The molecule has 2 aromatic heterocycles. The number of nitrogens with zero attached hydrogens (tertiary/aromatic N) is 4. The maximum Gasteiger partial charge on any atom is 0.160 e. The number of hydrogen-bond acceptors (Lipinski definition) is 5. The molecule has 1 aromatic carbocycles. The Morgan fingerprint density at radius 3 is 2.97 bits per heavy atom. The quantitative estimate of drug-likeness (QED) is 0.602. The molecule has 0 saturated carbocycles. The number of fused-ring (bicyclic) bond motifs is 5. The van der Waals surface area contributed by atoms with Crippen LogP contribution in [0.2, 0.25) is 5.02 Å². The van der Waals surface area contributed by atoms with Gasteiger partial charge in [-0.3, -0.25) is 9.56 Å². The number of aromatic nitrogens is 3. The molecular weight excluding hydrogens is 402 g/mol. The average molecular weight is 426 g/mol. The molecule has 0 atom stereocenters. The van der Waals surface area contributed by atoms with Crippen LogP contribution < -0.4 is 5.32 Å². The maximum absolute atomic E-state index is 6.60. The summed E-state index contributed by atoms with van der Waals surface area (Å²) in [6, 6.07) is 8.02. The number of aliphatic imine (C=N–C) groups is 1. The van der Waals surface area contributed by atoms with Crippen LogP contribution in [0.3, 0.4) is 0 Å². The number of halogens is 1. The molecule has 1 N–H and O–H groups in total. The van der Waals surface area contributed by atoms with Crippen molar-refractivity contribution in [1.82, 2.24) is 20.1 Å². The van der Waals surface area contributed by atoms with Crippen LogP contribution in [0.15, 0.2) is 29.3 Å². The molecule has 0 aliphatic carbocycles. The highest BCUT2D eigenvalue weighted by atomic mass is 35.5. The first-order valence-corrected chi connectivity index (χ1v) is 11.6. The predicted molar refractivity (Wildman–Crippen MR) is 119 cm³/mol. The summed E-state index contributed by atoms with van der Waals surface area (Å²) in [7, 11) is 0. The topological polar surface area (TPSA) is 55.1 Å². The van der Waals surface area contributed by atoms with E-state index < -0.39 is 0 Å². The van der Waals surface area contributed by atoms with Gasteiger partial charge in [-0.1, -0.05) is 49.6 Å². The van der Waals surface area contributed by atoms with Crippen LogP contribution in [0.1, 0.15) is 59.4 Å². The van der Waals surface area contributed by atoms with E-state index in [1.165, 1.54) is 33.8 Å². The number of thiophene rings is 1. The molecule has 3 aromatic rings. The molecule has 0 fully saturated rings. The molecule has 4 heterocycles. The van der Waals surface area contributed by atoms with E-state index in [-0.39, 0.29) is 0 Å². The minimum atomic E-state index is 0.524. The Bertz CT molecular complexity index is 1080. The van der Waals surface area contributed by atoms with Crippen LogP contribution in [0.4, 0.5) is 0 Å². The Balaban J connectivity index is 1.70. The van der Waals surface area contributed by atoms with E-state index in [0.717, 1.165) is 60.3 Å². The van der Waals surface area contributed by atoms with Crippen LogP contribution in [0, 0.1) is 0 Å². The lowest BCUT2D eigenvalue weighted by Gasteiger charge is -2.16. The summed E-state index contributed by atoms with van der Waals surface area (Å²) < 4.78 is 2.28. The fourth-order valence-electron chi connectivity index (χ4n) is 4.21. The number of aryl methyl sites for hydroxylation is 1. The van der Waals surface area contributed by atoms with E-state index in [1.54, 1.807) is 0 Å². The Hall–Kier alpha value is -2.02. The summed E-state index contributed by atoms with van der Waals surface area (Å²) in [6.07, 6.45) is 5.50. The highest BCUT2D eigenvalue weighted by Gasteiger charge is 2.30. The van der Waals surface area contributed by atoms with Crippen molar-refractivity contribution in [2.75, 3.05) is 6.54 Å². The normalized spacial score (nSPS) is 15.3. The van der Waals surface area contributed by atoms with Crippen LogP contribution in [0.5, 0.6) is 0 Å². The third-order valence-corrected chi connectivity index (χ3v) is 7.20. The van der Waals surface area contributed by atoms with E-state index in [1.807, 2.05) is 29.5 Å². The second-order valence-electron chi connectivity index (χ2n) is 7.58. The van der Waals surface area contributed by atoms with Crippen molar-refractivity contribution in [3.8, 4) is 5.00 Å². The number of unbranched alkanes of at least 4 members (excludes halogenated alkanes) is 2. The highest BCUT2D eigenvalue weighted by Crippen LogP contribution is 2.39. The van der Waals surface area contributed by atoms with Gasteiger partial charge in [0.05, 0.1) is 5.71 Å². The van der Waals surface area contributed by atoms with Gasteiger partial charge in [-0.2, -0.15) is 0 Å². The lowest BCUT2D eigenvalue weighted by Crippen LogP contribution is -2.23. The molecule has 0 unspecified atom stereocenters. The number of hydrogen-bond donors (Lipinski definition) is 1. The number of rotatable bonds is 5. The van der Waals surface area contributed by atoms with E-state index in [0.29, 0.717) is 6.54 Å². The standard InChI is InChI=1S/C22H24ClN5S/c1-2-3-4-9-18-26-27-19-13-25-21(14-7-5-6-8-16(14)23)20-15-10-11-24-12-17(15)29-22(20)28(18)19/h5-8,24H,2-4,9-13H2,1H3. The zero-order valence-corrected chi connectivity index (χ0v) is 18.1. The minimum absolute atomic E-state index is 0.524. The van der Waals surface area contributed by atoms with Crippen molar-refractivity contribution in [2.45, 2.75) is 52.1 Å². The maximum atomic E-state index is 6.60. The van der Waals surface area contributed by atoms with Gasteiger partial charge in [0.25, 0.3) is 0 Å². The van der Waals surface area contributed by atoms with Gasteiger partial charge in [-0.25, -0.2) is 0 Å². The smallest absolute Gasteiger partial charge is 0.160 e. The van der Waals surface area contributed by atoms with Gasteiger partial charge in [-0.05, 0) is 31.0 Å². The SMILES string of the molecule is CCCCCc1nnc2n1-c1sc3c(c1C(c1ccccc1Cl)=NC2)CCNC3. The molecule has 0 bridgehead atoms. The Morgan fingerprint density at radius 1 is 1.21 bits per heavy atom. The fraction of sp³-hybridized carbons (Fsp3) is 0.409. The molecule has 0 spiro atoms. The first-order valence-electron chi connectivity index (χ1n) is 10.4. The summed E-state index contributed by atoms with van der Waals surface area (Å²) >= 11 is 8.46. The largest absolute Gasteiger partial charge is 0.312 e. The zero-order chi connectivity index (χ0) is 19.8. The van der Waals surface area contributed by atoms with Gasteiger partial charge >= 0.3 is 0 Å². The van der Waals surface area contributed by atoms with E-state index in [9.17, 15) is 0 Å². The Kier molecular flexibility index (Phi) is 5.24. The summed E-state index contributed by atoms with van der Waals surface area (Å²) in [5, 5.41) is 14.5. The van der Waals surface area contributed by atoms with Crippen molar-refractivity contribution in [3.05, 3.63) is 62.5 Å². The lowest BCUT2D eigenvalue weighted by molar-refractivity contribution is 0.654. The predicted octanol–water partition coefficient (Wildman–Crippen LogP) is 4.71. The van der Waals surface area contributed by atoms with Gasteiger partial charge < -0.3 is 5.32 Å². The minimum Gasteiger partial charge on any atom is -0.312 e. The summed E-state index contributed by atoms with van der Waals surface area (Å²) in [5.41, 5.74) is 4.63. The second-order valence-corrected chi connectivity index (χ2v) is 9.07. The van der Waals surface area contributed by atoms with Crippen LogP contribution >= 0.6 is 22.9 Å². The molecule has 5 nitrogen and oxygen atoms in total. The first kappa shape index (κ1) is 19.0. The number of nitrogens with one attached hydrogen (secondary N) is 1. The molecule has 0 saturated heterocycles. The molecule has 2 aliphatic heterocycles. The zero-order valence-electron chi connectivity index (χ0n) is 16.5.